The highest BCUT2D eigenvalue weighted by Gasteiger charge is 2.06. The van der Waals surface area contributed by atoms with Gasteiger partial charge in [0.25, 0.3) is 0 Å². The van der Waals surface area contributed by atoms with Crippen LogP contribution < -0.4 is 5.32 Å². The van der Waals surface area contributed by atoms with Gasteiger partial charge in [-0.3, -0.25) is 4.79 Å². The van der Waals surface area contributed by atoms with Crippen molar-refractivity contribution in [3.05, 3.63) is 29.3 Å². The van der Waals surface area contributed by atoms with E-state index in [1.807, 2.05) is 0 Å². The maximum Gasteiger partial charge on any atom is 0.227 e. The Morgan fingerprint density at radius 2 is 2.07 bits per heavy atom. The Hall–Kier alpha value is -0.580. The van der Waals surface area contributed by atoms with E-state index in [0.717, 1.165) is 0 Å². The van der Waals surface area contributed by atoms with Crippen molar-refractivity contribution in [3.8, 4) is 0 Å². The van der Waals surface area contributed by atoms with Gasteiger partial charge in [0.05, 0.1) is 6.42 Å². The predicted molar refractivity (Wildman–Crippen MR) is 59.6 cm³/mol. The third kappa shape index (κ3) is 4.09. The van der Waals surface area contributed by atoms with Gasteiger partial charge in [0.1, 0.15) is 5.01 Å². The van der Waals surface area contributed by atoms with Crippen molar-refractivity contribution in [2.75, 3.05) is 5.32 Å². The number of aliphatic hydroxyl groups is 1. The molecule has 0 radical (unpaired) electrons. The minimum atomic E-state index is -0.810. The fourth-order valence-electron chi connectivity index (χ4n) is 0.898. The van der Waals surface area contributed by atoms with Gasteiger partial charge in [0.2, 0.25) is 5.91 Å². The van der Waals surface area contributed by atoms with Gasteiger partial charge in [-0.15, -0.1) is 0 Å². The second-order valence-electron chi connectivity index (χ2n) is 2.69. The molecule has 0 bridgehead atoms. The summed E-state index contributed by atoms with van der Waals surface area (Å²) in [7, 11) is 0. The van der Waals surface area contributed by atoms with Crippen molar-refractivity contribution < 1.29 is 9.90 Å². The molecule has 1 atom stereocenters. The zero-order valence-electron chi connectivity index (χ0n) is 7.21. The van der Waals surface area contributed by atoms with Crippen molar-refractivity contribution in [2.45, 2.75) is 11.4 Å². The number of carbonyl (C=O) groups excluding carboxylic acids is 1. The third-order valence-electron chi connectivity index (χ3n) is 1.48. The van der Waals surface area contributed by atoms with Crippen LogP contribution in [0.2, 0.25) is 5.02 Å². The molecule has 0 aliphatic carbocycles. The Kier molecular flexibility index (Phi) is 4.38. The third-order valence-corrected chi connectivity index (χ3v) is 2.06. The number of halogens is 2. The number of anilines is 1. The van der Waals surface area contributed by atoms with Crippen LogP contribution in [0.5, 0.6) is 0 Å². The molecule has 3 nitrogen and oxygen atoms in total. The van der Waals surface area contributed by atoms with Crippen LogP contribution in [0.25, 0.3) is 0 Å². The highest BCUT2D eigenvalue weighted by Crippen LogP contribution is 2.14. The minimum absolute atomic E-state index is 0.0165. The zero-order valence-corrected chi connectivity index (χ0v) is 9.55. The molecular weight excluding hydrogens is 269 g/mol. The summed E-state index contributed by atoms with van der Waals surface area (Å²) < 4.78 is 0. The SMILES string of the molecule is O=C(CC(O)Br)Nc1ccc(Cl)cc1. The lowest BCUT2D eigenvalue weighted by molar-refractivity contribution is -0.117. The molecule has 76 valence electrons. The van der Waals surface area contributed by atoms with Crippen LogP contribution in [0, 0.1) is 0 Å². The first-order valence-corrected chi connectivity index (χ1v) is 5.25. The number of nitrogens with one attached hydrogen (secondary N) is 1. The van der Waals surface area contributed by atoms with E-state index in [9.17, 15) is 4.79 Å². The molecule has 1 aromatic rings. The number of amides is 1. The molecule has 0 saturated heterocycles. The molecule has 1 aromatic carbocycles. The Labute approximate surface area is 95.2 Å². The van der Waals surface area contributed by atoms with E-state index >= 15 is 0 Å². The van der Waals surface area contributed by atoms with E-state index in [4.69, 9.17) is 16.7 Å². The highest BCUT2D eigenvalue weighted by molar-refractivity contribution is 9.09. The van der Waals surface area contributed by atoms with Crippen molar-refractivity contribution in [1.82, 2.24) is 0 Å². The lowest BCUT2D eigenvalue weighted by Crippen LogP contribution is -2.15. The highest BCUT2D eigenvalue weighted by atomic mass is 79.9. The van der Waals surface area contributed by atoms with Gasteiger partial charge in [0, 0.05) is 10.7 Å². The van der Waals surface area contributed by atoms with E-state index in [1.54, 1.807) is 24.3 Å². The van der Waals surface area contributed by atoms with Crippen molar-refractivity contribution >= 4 is 39.1 Å². The first kappa shape index (κ1) is 11.5. The van der Waals surface area contributed by atoms with Gasteiger partial charge in [-0.2, -0.15) is 0 Å². The maximum absolute atomic E-state index is 11.2. The number of rotatable bonds is 3. The van der Waals surface area contributed by atoms with Crippen LogP contribution in [0.3, 0.4) is 0 Å². The first-order valence-electron chi connectivity index (χ1n) is 3.95. The molecule has 0 saturated carbocycles. The van der Waals surface area contributed by atoms with E-state index < -0.39 is 5.01 Å². The van der Waals surface area contributed by atoms with Crippen molar-refractivity contribution in [3.63, 3.8) is 0 Å². The summed E-state index contributed by atoms with van der Waals surface area (Å²) in [5, 5.41) is 11.3. The van der Waals surface area contributed by atoms with Crippen LogP contribution in [-0.2, 0) is 4.79 Å². The number of benzene rings is 1. The van der Waals surface area contributed by atoms with Crippen LogP contribution in [0.4, 0.5) is 5.69 Å². The molecule has 0 spiro atoms. The van der Waals surface area contributed by atoms with E-state index in [-0.39, 0.29) is 12.3 Å². The number of alkyl halides is 1. The average Bonchev–Trinajstić information content (AvgIpc) is 2.07. The standard InChI is InChI=1S/C9H9BrClNO2/c10-8(13)5-9(14)12-7-3-1-6(11)2-4-7/h1-4,8,13H,5H2,(H,12,14). The maximum atomic E-state index is 11.2. The molecule has 0 fully saturated rings. The molecule has 1 rings (SSSR count). The van der Waals surface area contributed by atoms with Gasteiger partial charge >= 0.3 is 0 Å². The molecule has 5 heteroatoms. The summed E-state index contributed by atoms with van der Waals surface area (Å²) >= 11 is 8.55. The number of hydrogen-bond acceptors (Lipinski definition) is 2. The molecule has 1 unspecified atom stereocenters. The molecule has 0 aliphatic rings. The first-order chi connectivity index (χ1) is 6.58. The second-order valence-corrected chi connectivity index (χ2v) is 4.19. The quantitative estimate of drug-likeness (QED) is 0.834. The Bertz CT molecular complexity index is 313. The fourth-order valence-corrected chi connectivity index (χ4v) is 1.32. The molecule has 0 aromatic heterocycles. The second kappa shape index (κ2) is 5.34. The van der Waals surface area contributed by atoms with Crippen molar-refractivity contribution in [1.29, 1.82) is 0 Å². The number of aliphatic hydroxyl groups excluding tert-OH is 1. The Morgan fingerprint density at radius 3 is 2.57 bits per heavy atom. The van der Waals surface area contributed by atoms with E-state index in [1.165, 1.54) is 0 Å². The molecule has 0 aliphatic heterocycles. The van der Waals surface area contributed by atoms with Gasteiger partial charge in [-0.1, -0.05) is 27.5 Å². The lowest BCUT2D eigenvalue weighted by Gasteiger charge is -2.05. The zero-order chi connectivity index (χ0) is 10.6. The molecular formula is C9H9BrClNO2. The van der Waals surface area contributed by atoms with Crippen LogP contribution in [-0.4, -0.2) is 16.0 Å². The monoisotopic (exact) mass is 277 g/mol. The summed E-state index contributed by atoms with van der Waals surface area (Å²) in [6.45, 7) is 0. The summed E-state index contributed by atoms with van der Waals surface area (Å²) in [5.41, 5.74) is 0.660. The largest absolute Gasteiger partial charge is 0.381 e. The lowest BCUT2D eigenvalue weighted by atomic mass is 10.3. The summed E-state index contributed by atoms with van der Waals surface area (Å²) in [6.07, 6.45) is 0.0165. The van der Waals surface area contributed by atoms with Gasteiger partial charge in [0.15, 0.2) is 0 Å². The van der Waals surface area contributed by atoms with Gasteiger partial charge in [-0.05, 0) is 24.3 Å². The van der Waals surface area contributed by atoms with Crippen LogP contribution in [0.1, 0.15) is 6.42 Å². The topological polar surface area (TPSA) is 49.3 Å². The predicted octanol–water partition coefficient (Wildman–Crippen LogP) is 2.38. The molecule has 0 heterocycles. The summed E-state index contributed by atoms with van der Waals surface area (Å²) in [4.78, 5) is 11.2. The number of carbonyl (C=O) groups is 1. The minimum Gasteiger partial charge on any atom is -0.381 e. The Morgan fingerprint density at radius 1 is 1.50 bits per heavy atom. The molecule has 2 N–H and O–H groups in total. The van der Waals surface area contributed by atoms with Crippen molar-refractivity contribution in [2.24, 2.45) is 0 Å². The molecule has 1 amide bonds. The average molecular weight is 279 g/mol. The Balaban J connectivity index is 2.52. The number of hydrogen-bond donors (Lipinski definition) is 2. The van der Waals surface area contributed by atoms with E-state index in [2.05, 4.69) is 21.2 Å². The van der Waals surface area contributed by atoms with Crippen LogP contribution in [0.15, 0.2) is 24.3 Å². The van der Waals surface area contributed by atoms with Gasteiger partial charge < -0.3 is 10.4 Å². The summed E-state index contributed by atoms with van der Waals surface area (Å²) in [6, 6.07) is 6.76. The summed E-state index contributed by atoms with van der Waals surface area (Å²) in [5.74, 6) is -0.253. The van der Waals surface area contributed by atoms with E-state index in [0.29, 0.717) is 10.7 Å². The fraction of sp³-hybridized carbons (Fsp3) is 0.222. The molecule has 14 heavy (non-hydrogen) atoms. The van der Waals surface area contributed by atoms with Crippen LogP contribution >= 0.6 is 27.5 Å². The van der Waals surface area contributed by atoms with Gasteiger partial charge in [-0.25, -0.2) is 0 Å². The normalized spacial score (nSPS) is 12.2. The smallest absolute Gasteiger partial charge is 0.227 e.